The molecule has 7 heteroatoms. The molecule has 1 aliphatic heterocycles. The van der Waals surface area contributed by atoms with Crippen LogP contribution < -0.4 is 4.18 Å². The minimum atomic E-state index is -3.55. The van der Waals surface area contributed by atoms with Gasteiger partial charge in [-0.05, 0) is 29.7 Å². The number of ether oxygens (including phenoxy) is 1. The zero-order valence-electron chi connectivity index (χ0n) is 14.5. The van der Waals surface area contributed by atoms with Crippen molar-refractivity contribution >= 4 is 16.0 Å². The summed E-state index contributed by atoms with van der Waals surface area (Å²) in [5.41, 5.74) is 2.06. The Kier molecular flexibility index (Phi) is 5.58. The van der Waals surface area contributed by atoms with E-state index in [2.05, 4.69) is 0 Å². The lowest BCUT2D eigenvalue weighted by atomic mass is 10.1. The SMILES string of the molecule is CS(=O)(=O)Oc1ccc([C@@H]2CN(CCc3ccccc3)C(=O)CO2)cc1. The lowest BCUT2D eigenvalue weighted by molar-refractivity contribution is -0.149. The van der Waals surface area contributed by atoms with Crippen LogP contribution in [0.15, 0.2) is 54.6 Å². The summed E-state index contributed by atoms with van der Waals surface area (Å²) in [5.74, 6) is 0.235. The molecular formula is C19H21NO5S. The number of carbonyl (C=O) groups excluding carboxylic acids is 1. The van der Waals surface area contributed by atoms with Crippen LogP contribution in [0.25, 0.3) is 0 Å². The summed E-state index contributed by atoms with van der Waals surface area (Å²) < 4.78 is 32.8. The zero-order chi connectivity index (χ0) is 18.6. The molecule has 26 heavy (non-hydrogen) atoms. The highest BCUT2D eigenvalue weighted by Crippen LogP contribution is 2.25. The van der Waals surface area contributed by atoms with Crippen LogP contribution in [0.3, 0.4) is 0 Å². The number of carbonyl (C=O) groups is 1. The fourth-order valence-electron chi connectivity index (χ4n) is 2.86. The molecule has 2 aromatic carbocycles. The van der Waals surface area contributed by atoms with Gasteiger partial charge in [0.1, 0.15) is 18.5 Å². The van der Waals surface area contributed by atoms with Gasteiger partial charge in [-0.15, -0.1) is 0 Å². The third-order valence-corrected chi connectivity index (χ3v) is 4.65. The van der Waals surface area contributed by atoms with Gasteiger partial charge in [0.25, 0.3) is 0 Å². The predicted molar refractivity (Wildman–Crippen MR) is 97.3 cm³/mol. The topological polar surface area (TPSA) is 72.9 Å². The molecule has 3 rings (SSSR count). The average molecular weight is 375 g/mol. The van der Waals surface area contributed by atoms with E-state index in [-0.39, 0.29) is 24.4 Å². The smallest absolute Gasteiger partial charge is 0.306 e. The van der Waals surface area contributed by atoms with Crippen molar-refractivity contribution in [2.24, 2.45) is 0 Å². The quantitative estimate of drug-likeness (QED) is 0.724. The van der Waals surface area contributed by atoms with Crippen LogP contribution in [-0.4, -0.2) is 45.2 Å². The van der Waals surface area contributed by atoms with Crippen molar-refractivity contribution in [3.8, 4) is 5.75 Å². The first-order valence-electron chi connectivity index (χ1n) is 8.33. The Bertz CT molecular complexity index is 849. The molecule has 1 aliphatic rings. The van der Waals surface area contributed by atoms with Crippen LogP contribution in [0.1, 0.15) is 17.2 Å². The Morgan fingerprint density at radius 3 is 2.46 bits per heavy atom. The minimum Gasteiger partial charge on any atom is -0.383 e. The number of hydrogen-bond donors (Lipinski definition) is 0. The Hall–Kier alpha value is -2.38. The maximum Gasteiger partial charge on any atom is 0.306 e. The summed E-state index contributed by atoms with van der Waals surface area (Å²) in [6, 6.07) is 16.7. The van der Waals surface area contributed by atoms with E-state index in [0.717, 1.165) is 18.2 Å². The molecule has 0 spiro atoms. The highest BCUT2D eigenvalue weighted by Gasteiger charge is 2.27. The highest BCUT2D eigenvalue weighted by molar-refractivity contribution is 7.86. The molecule has 0 bridgehead atoms. The number of hydrogen-bond acceptors (Lipinski definition) is 5. The van der Waals surface area contributed by atoms with Crippen LogP contribution >= 0.6 is 0 Å². The van der Waals surface area contributed by atoms with Crippen molar-refractivity contribution in [3.63, 3.8) is 0 Å². The molecular weight excluding hydrogens is 354 g/mol. The Morgan fingerprint density at radius 1 is 1.12 bits per heavy atom. The zero-order valence-corrected chi connectivity index (χ0v) is 15.3. The second-order valence-electron chi connectivity index (χ2n) is 6.23. The van der Waals surface area contributed by atoms with E-state index in [4.69, 9.17) is 8.92 Å². The third kappa shape index (κ3) is 5.06. The summed E-state index contributed by atoms with van der Waals surface area (Å²) in [6.45, 7) is 1.15. The second kappa shape index (κ2) is 7.88. The number of benzene rings is 2. The van der Waals surface area contributed by atoms with E-state index in [9.17, 15) is 13.2 Å². The first-order valence-corrected chi connectivity index (χ1v) is 10.1. The van der Waals surface area contributed by atoms with E-state index < -0.39 is 10.1 Å². The molecule has 1 atom stereocenters. The molecule has 1 heterocycles. The maximum absolute atomic E-state index is 12.1. The Balaban J connectivity index is 1.63. The first kappa shape index (κ1) is 18.4. The molecule has 1 fully saturated rings. The molecule has 0 aliphatic carbocycles. The number of amides is 1. The van der Waals surface area contributed by atoms with Gasteiger partial charge in [0.2, 0.25) is 5.91 Å². The number of rotatable bonds is 6. The van der Waals surface area contributed by atoms with Crippen molar-refractivity contribution in [2.45, 2.75) is 12.5 Å². The molecule has 0 radical (unpaired) electrons. The standard InChI is InChI=1S/C19H21NO5S/c1-26(22,23)25-17-9-7-16(8-10-17)18-13-20(19(21)14-24-18)12-11-15-5-3-2-4-6-15/h2-10,18H,11-14H2,1H3/t18-/m0/s1. The van der Waals surface area contributed by atoms with Gasteiger partial charge in [-0.2, -0.15) is 8.42 Å². The predicted octanol–water partition coefficient (Wildman–Crippen LogP) is 2.17. The average Bonchev–Trinajstić information content (AvgIpc) is 2.61. The van der Waals surface area contributed by atoms with Gasteiger partial charge in [0, 0.05) is 6.54 Å². The monoisotopic (exact) mass is 375 g/mol. The van der Waals surface area contributed by atoms with E-state index in [0.29, 0.717) is 13.1 Å². The minimum absolute atomic E-state index is 0.0192. The van der Waals surface area contributed by atoms with Gasteiger partial charge in [-0.3, -0.25) is 4.79 Å². The Labute approximate surface area is 153 Å². The van der Waals surface area contributed by atoms with Gasteiger partial charge >= 0.3 is 10.1 Å². The number of morpholine rings is 1. The van der Waals surface area contributed by atoms with Crippen LogP contribution in [0.5, 0.6) is 5.75 Å². The van der Waals surface area contributed by atoms with Crippen molar-refractivity contribution in [2.75, 3.05) is 26.0 Å². The molecule has 0 unspecified atom stereocenters. The third-order valence-electron chi connectivity index (χ3n) is 4.16. The Morgan fingerprint density at radius 2 is 1.81 bits per heavy atom. The normalized spacial score (nSPS) is 18.0. The van der Waals surface area contributed by atoms with Crippen LogP contribution in [-0.2, 0) is 26.1 Å². The molecule has 138 valence electrons. The highest BCUT2D eigenvalue weighted by atomic mass is 32.2. The van der Waals surface area contributed by atoms with E-state index >= 15 is 0 Å². The van der Waals surface area contributed by atoms with Gasteiger partial charge in [-0.1, -0.05) is 42.5 Å². The fourth-order valence-corrected chi connectivity index (χ4v) is 3.32. The van der Waals surface area contributed by atoms with Crippen molar-refractivity contribution < 1.29 is 22.1 Å². The van der Waals surface area contributed by atoms with Gasteiger partial charge < -0.3 is 13.8 Å². The second-order valence-corrected chi connectivity index (χ2v) is 7.81. The van der Waals surface area contributed by atoms with Gasteiger partial charge in [0.05, 0.1) is 12.8 Å². The molecule has 0 N–H and O–H groups in total. The summed E-state index contributed by atoms with van der Waals surface area (Å²) in [6.07, 6.45) is 1.55. The first-order chi connectivity index (χ1) is 12.4. The van der Waals surface area contributed by atoms with Gasteiger partial charge in [-0.25, -0.2) is 0 Å². The van der Waals surface area contributed by atoms with Crippen molar-refractivity contribution in [1.29, 1.82) is 0 Å². The van der Waals surface area contributed by atoms with E-state index in [1.165, 1.54) is 5.56 Å². The molecule has 2 aromatic rings. The summed E-state index contributed by atoms with van der Waals surface area (Å²) >= 11 is 0. The number of nitrogens with zero attached hydrogens (tertiary/aromatic N) is 1. The van der Waals surface area contributed by atoms with E-state index in [1.807, 2.05) is 35.2 Å². The van der Waals surface area contributed by atoms with Gasteiger partial charge in [0.15, 0.2) is 0 Å². The summed E-state index contributed by atoms with van der Waals surface area (Å²) in [4.78, 5) is 13.9. The molecule has 6 nitrogen and oxygen atoms in total. The van der Waals surface area contributed by atoms with Crippen molar-refractivity contribution in [1.82, 2.24) is 4.90 Å². The molecule has 0 saturated carbocycles. The van der Waals surface area contributed by atoms with Crippen molar-refractivity contribution in [3.05, 3.63) is 65.7 Å². The lowest BCUT2D eigenvalue weighted by Gasteiger charge is -2.33. The lowest BCUT2D eigenvalue weighted by Crippen LogP contribution is -2.44. The molecule has 1 amide bonds. The summed E-state index contributed by atoms with van der Waals surface area (Å²) in [7, 11) is -3.55. The van der Waals surface area contributed by atoms with E-state index in [1.54, 1.807) is 24.3 Å². The van der Waals surface area contributed by atoms with Crippen LogP contribution in [0.4, 0.5) is 0 Å². The van der Waals surface area contributed by atoms with Crippen LogP contribution in [0.2, 0.25) is 0 Å². The van der Waals surface area contributed by atoms with Crippen LogP contribution in [0, 0.1) is 0 Å². The largest absolute Gasteiger partial charge is 0.383 e. The summed E-state index contributed by atoms with van der Waals surface area (Å²) in [5, 5.41) is 0. The molecule has 0 aromatic heterocycles. The fraction of sp³-hybridized carbons (Fsp3) is 0.316. The molecule has 1 saturated heterocycles. The maximum atomic E-state index is 12.1.